The summed E-state index contributed by atoms with van der Waals surface area (Å²) in [6.45, 7) is 7.30. The van der Waals surface area contributed by atoms with Crippen molar-refractivity contribution in [1.82, 2.24) is 5.32 Å². The van der Waals surface area contributed by atoms with Gasteiger partial charge in [0.05, 0.1) is 0 Å². The number of rotatable bonds is 5. The predicted molar refractivity (Wildman–Crippen MR) is 72.5 cm³/mol. The third-order valence-corrected chi connectivity index (χ3v) is 3.62. The van der Waals surface area contributed by atoms with E-state index in [9.17, 15) is 0 Å². The van der Waals surface area contributed by atoms with Crippen molar-refractivity contribution in [2.24, 2.45) is 0 Å². The number of benzene rings is 1. The van der Waals surface area contributed by atoms with Crippen LogP contribution in [0.2, 0.25) is 0 Å². The van der Waals surface area contributed by atoms with Gasteiger partial charge in [0.1, 0.15) is 0 Å². The Hall–Kier alpha value is -1.28. The molecule has 3 rings (SSSR count). The number of fused-ring (bicyclic) bond motifs is 1. The highest BCUT2D eigenvalue weighted by Crippen LogP contribution is 2.27. The second-order valence-corrected chi connectivity index (χ2v) is 5.21. The lowest BCUT2D eigenvalue weighted by Gasteiger charge is -2.21. The average Bonchev–Trinajstić information content (AvgIpc) is 3.10. The van der Waals surface area contributed by atoms with Gasteiger partial charge in [-0.25, -0.2) is 0 Å². The van der Waals surface area contributed by atoms with Crippen LogP contribution < -0.4 is 10.2 Å². The fraction of sp³-hybridized carbons (Fsp3) is 0.467. The van der Waals surface area contributed by atoms with E-state index in [-0.39, 0.29) is 0 Å². The van der Waals surface area contributed by atoms with E-state index in [2.05, 4.69) is 41.1 Å². The molecule has 1 aromatic rings. The number of hydrogen-bond acceptors (Lipinski definition) is 2. The zero-order valence-corrected chi connectivity index (χ0v) is 10.3. The molecule has 0 bridgehead atoms. The molecule has 0 spiro atoms. The van der Waals surface area contributed by atoms with E-state index in [0.29, 0.717) is 0 Å². The van der Waals surface area contributed by atoms with Gasteiger partial charge in [-0.15, -0.1) is 0 Å². The molecule has 2 aliphatic rings. The van der Waals surface area contributed by atoms with Gasteiger partial charge in [0.2, 0.25) is 0 Å². The zero-order valence-electron chi connectivity index (χ0n) is 10.3. The minimum absolute atomic E-state index is 0.776. The quantitative estimate of drug-likeness (QED) is 0.778. The first-order valence-electron chi connectivity index (χ1n) is 6.56. The summed E-state index contributed by atoms with van der Waals surface area (Å²) in [5.41, 5.74) is 4.18. The Morgan fingerprint density at radius 3 is 3.00 bits per heavy atom. The van der Waals surface area contributed by atoms with Gasteiger partial charge in [-0.05, 0) is 36.5 Å². The molecule has 2 nitrogen and oxygen atoms in total. The molecule has 1 fully saturated rings. The van der Waals surface area contributed by atoms with Crippen LogP contribution in [-0.4, -0.2) is 25.7 Å². The normalized spacial score (nSPS) is 18.2. The summed E-state index contributed by atoms with van der Waals surface area (Å²) in [6, 6.07) is 9.50. The van der Waals surface area contributed by atoms with Crippen molar-refractivity contribution >= 4 is 5.69 Å². The summed E-state index contributed by atoms with van der Waals surface area (Å²) in [5.74, 6) is 0. The Bertz CT molecular complexity index is 421. The average molecular weight is 228 g/mol. The van der Waals surface area contributed by atoms with Crippen molar-refractivity contribution in [2.45, 2.75) is 25.3 Å². The number of nitrogens with one attached hydrogen (secondary N) is 1. The Labute approximate surface area is 103 Å². The number of para-hydroxylation sites is 1. The molecule has 1 saturated carbocycles. The third-order valence-electron chi connectivity index (χ3n) is 3.62. The van der Waals surface area contributed by atoms with Crippen LogP contribution in [0, 0.1) is 0 Å². The molecule has 0 unspecified atom stereocenters. The lowest BCUT2D eigenvalue weighted by molar-refractivity contribution is 0.717. The van der Waals surface area contributed by atoms with Crippen LogP contribution in [0.4, 0.5) is 5.69 Å². The van der Waals surface area contributed by atoms with E-state index in [1.165, 1.54) is 36.1 Å². The predicted octanol–water partition coefficient (Wildman–Crippen LogP) is 2.36. The van der Waals surface area contributed by atoms with Crippen LogP contribution in [-0.2, 0) is 6.42 Å². The largest absolute Gasteiger partial charge is 0.367 e. The fourth-order valence-corrected chi connectivity index (χ4v) is 2.47. The third kappa shape index (κ3) is 2.52. The molecule has 0 atom stereocenters. The second kappa shape index (κ2) is 4.53. The standard InChI is InChI=1S/C15H20N2/c1-12(10-16-14-6-7-14)11-17-9-8-13-4-2-3-5-15(13)17/h2-5,14,16H,1,6-11H2. The highest BCUT2D eigenvalue weighted by molar-refractivity contribution is 5.58. The van der Waals surface area contributed by atoms with E-state index >= 15 is 0 Å². The Kier molecular flexibility index (Phi) is 2.89. The van der Waals surface area contributed by atoms with Gasteiger partial charge < -0.3 is 10.2 Å². The van der Waals surface area contributed by atoms with Gasteiger partial charge in [-0.1, -0.05) is 24.8 Å². The summed E-state index contributed by atoms with van der Waals surface area (Å²) < 4.78 is 0. The highest BCUT2D eigenvalue weighted by Gasteiger charge is 2.21. The fourth-order valence-electron chi connectivity index (χ4n) is 2.47. The van der Waals surface area contributed by atoms with E-state index in [4.69, 9.17) is 0 Å². The first-order valence-corrected chi connectivity index (χ1v) is 6.56. The van der Waals surface area contributed by atoms with Crippen LogP contribution in [0.5, 0.6) is 0 Å². The molecular formula is C15H20N2. The lowest BCUT2D eigenvalue weighted by Crippen LogP contribution is -2.28. The number of nitrogens with zero attached hydrogens (tertiary/aromatic N) is 1. The molecule has 1 N–H and O–H groups in total. The van der Waals surface area contributed by atoms with Crippen LogP contribution >= 0.6 is 0 Å². The van der Waals surface area contributed by atoms with Crippen molar-refractivity contribution in [3.63, 3.8) is 0 Å². The maximum atomic E-state index is 4.19. The minimum Gasteiger partial charge on any atom is -0.367 e. The van der Waals surface area contributed by atoms with Crippen molar-refractivity contribution in [3.8, 4) is 0 Å². The molecule has 90 valence electrons. The monoisotopic (exact) mass is 228 g/mol. The second-order valence-electron chi connectivity index (χ2n) is 5.21. The van der Waals surface area contributed by atoms with Crippen molar-refractivity contribution in [2.75, 3.05) is 24.5 Å². The Morgan fingerprint density at radius 1 is 1.35 bits per heavy atom. The molecule has 17 heavy (non-hydrogen) atoms. The molecule has 2 heteroatoms. The summed E-state index contributed by atoms with van der Waals surface area (Å²) in [4.78, 5) is 2.45. The van der Waals surface area contributed by atoms with Gasteiger partial charge in [-0.3, -0.25) is 0 Å². The van der Waals surface area contributed by atoms with Crippen LogP contribution in [0.25, 0.3) is 0 Å². The summed E-state index contributed by atoms with van der Waals surface area (Å²) >= 11 is 0. The molecule has 1 aromatic carbocycles. The van der Waals surface area contributed by atoms with Crippen LogP contribution in [0.15, 0.2) is 36.4 Å². The minimum atomic E-state index is 0.776. The molecule has 0 saturated heterocycles. The first-order chi connectivity index (χ1) is 8.33. The lowest BCUT2D eigenvalue weighted by atomic mass is 10.2. The molecular weight excluding hydrogens is 208 g/mol. The number of hydrogen-bond donors (Lipinski definition) is 1. The number of anilines is 1. The Morgan fingerprint density at radius 2 is 2.18 bits per heavy atom. The molecule has 0 aromatic heterocycles. The molecule has 1 aliphatic carbocycles. The topological polar surface area (TPSA) is 15.3 Å². The van der Waals surface area contributed by atoms with Crippen molar-refractivity contribution in [1.29, 1.82) is 0 Å². The van der Waals surface area contributed by atoms with Crippen molar-refractivity contribution < 1.29 is 0 Å². The van der Waals surface area contributed by atoms with E-state index in [1.807, 2.05) is 0 Å². The zero-order chi connectivity index (χ0) is 11.7. The molecule has 0 amide bonds. The summed E-state index contributed by atoms with van der Waals surface area (Å²) in [6.07, 6.45) is 3.87. The van der Waals surface area contributed by atoms with Gasteiger partial charge in [0, 0.05) is 31.4 Å². The SMILES string of the molecule is C=C(CNC1CC1)CN1CCc2ccccc21. The van der Waals surface area contributed by atoms with Gasteiger partial charge in [0.15, 0.2) is 0 Å². The van der Waals surface area contributed by atoms with Crippen LogP contribution in [0.1, 0.15) is 18.4 Å². The Balaban J connectivity index is 1.56. The smallest absolute Gasteiger partial charge is 0.0402 e. The molecule has 1 aliphatic heterocycles. The van der Waals surface area contributed by atoms with Gasteiger partial charge in [-0.2, -0.15) is 0 Å². The summed E-state index contributed by atoms with van der Waals surface area (Å²) in [7, 11) is 0. The maximum absolute atomic E-state index is 4.19. The van der Waals surface area contributed by atoms with Gasteiger partial charge >= 0.3 is 0 Å². The van der Waals surface area contributed by atoms with E-state index < -0.39 is 0 Å². The summed E-state index contributed by atoms with van der Waals surface area (Å²) in [5, 5.41) is 3.53. The molecule has 1 heterocycles. The van der Waals surface area contributed by atoms with E-state index in [0.717, 1.165) is 25.7 Å². The van der Waals surface area contributed by atoms with Gasteiger partial charge in [0.25, 0.3) is 0 Å². The van der Waals surface area contributed by atoms with E-state index in [1.54, 1.807) is 0 Å². The maximum Gasteiger partial charge on any atom is 0.0402 e. The molecule has 0 radical (unpaired) electrons. The highest BCUT2D eigenvalue weighted by atomic mass is 15.1. The van der Waals surface area contributed by atoms with Crippen molar-refractivity contribution in [3.05, 3.63) is 42.0 Å². The first kappa shape index (κ1) is 10.8. The van der Waals surface area contributed by atoms with Crippen LogP contribution in [0.3, 0.4) is 0 Å².